The number of phenolic OH excluding ortho intramolecular Hbond substituents is 1. The molecule has 0 fully saturated rings. The Morgan fingerprint density at radius 3 is 1.88 bits per heavy atom. The highest BCUT2D eigenvalue weighted by Gasteiger charge is 2.40. The van der Waals surface area contributed by atoms with Crippen molar-refractivity contribution in [3.8, 4) is 11.5 Å². The van der Waals surface area contributed by atoms with Gasteiger partial charge in [-0.3, -0.25) is 14.9 Å². The molecule has 1 aliphatic rings. The molecule has 0 radical (unpaired) electrons. The third-order valence-corrected chi connectivity index (χ3v) is 6.50. The molecule has 1 aliphatic heterocycles. The average molecular weight is 575 g/mol. The predicted octanol–water partition coefficient (Wildman–Crippen LogP) is 4.81. The lowest BCUT2D eigenvalue weighted by Crippen LogP contribution is -2.32. The number of ether oxygens (including phenoxy) is 3. The van der Waals surface area contributed by atoms with Crippen LogP contribution in [0.2, 0.25) is 0 Å². The molecule has 218 valence electrons. The summed E-state index contributed by atoms with van der Waals surface area (Å²) in [5.74, 6) is -2.08. The molecule has 3 aromatic carbocycles. The highest BCUT2D eigenvalue weighted by molar-refractivity contribution is 6.10. The quantitative estimate of drug-likeness (QED) is 0.174. The summed E-state index contributed by atoms with van der Waals surface area (Å²) in [5, 5.41) is 24.1. The van der Waals surface area contributed by atoms with Crippen molar-refractivity contribution in [2.75, 3.05) is 21.3 Å². The number of carbonyl (C=O) groups is 3. The summed E-state index contributed by atoms with van der Waals surface area (Å²) >= 11 is 0. The van der Waals surface area contributed by atoms with Crippen LogP contribution in [0.25, 0.3) is 0 Å². The minimum Gasteiger partial charge on any atom is -0.507 e. The molecule has 0 amide bonds. The van der Waals surface area contributed by atoms with Crippen molar-refractivity contribution in [3.63, 3.8) is 0 Å². The molecule has 0 aliphatic carbocycles. The first-order chi connectivity index (χ1) is 20.0. The number of allylic oxidation sites excluding steroid dienone is 2. The average Bonchev–Trinajstić information content (AvgIpc) is 3.00. The Morgan fingerprint density at radius 1 is 0.833 bits per heavy atom. The topological polar surface area (TPSA) is 154 Å². The molecule has 0 atom stereocenters. The molecule has 42 heavy (non-hydrogen) atoms. The molecule has 4 rings (SSSR count). The van der Waals surface area contributed by atoms with Gasteiger partial charge in [0.05, 0.1) is 48.9 Å². The van der Waals surface area contributed by atoms with Gasteiger partial charge in [0.1, 0.15) is 11.5 Å². The van der Waals surface area contributed by atoms with Crippen molar-refractivity contribution in [2.45, 2.75) is 19.8 Å². The van der Waals surface area contributed by atoms with Gasteiger partial charge in [-0.15, -0.1) is 0 Å². The fourth-order valence-corrected chi connectivity index (χ4v) is 4.54. The van der Waals surface area contributed by atoms with Gasteiger partial charge < -0.3 is 24.6 Å². The molecule has 0 unspecified atom stereocenters. The Morgan fingerprint density at radius 2 is 1.38 bits per heavy atom. The first-order valence-electron chi connectivity index (χ1n) is 12.6. The van der Waals surface area contributed by atoms with Crippen LogP contribution in [-0.2, 0) is 19.1 Å². The number of hydrogen-bond acceptors (Lipinski definition) is 10. The fourth-order valence-electron chi connectivity index (χ4n) is 4.54. The number of phenols is 1. The van der Waals surface area contributed by atoms with E-state index in [-0.39, 0.29) is 39.5 Å². The molecule has 0 saturated heterocycles. The third-order valence-electron chi connectivity index (χ3n) is 6.50. The van der Waals surface area contributed by atoms with Crippen LogP contribution in [0.15, 0.2) is 95.3 Å². The Hall–Kier alpha value is -5.45. The molecule has 2 N–H and O–H groups in total. The molecular weight excluding hydrogens is 544 g/mol. The number of para-hydroxylation sites is 1. The molecule has 11 heteroatoms. The van der Waals surface area contributed by atoms with E-state index in [9.17, 15) is 29.6 Å². The van der Waals surface area contributed by atoms with E-state index in [0.717, 1.165) is 0 Å². The third kappa shape index (κ3) is 6.64. The lowest BCUT2D eigenvalue weighted by atomic mass is 9.79. The molecule has 1 heterocycles. The van der Waals surface area contributed by atoms with Crippen molar-refractivity contribution < 1.29 is 38.6 Å². The van der Waals surface area contributed by atoms with E-state index in [4.69, 9.17) is 14.2 Å². The van der Waals surface area contributed by atoms with E-state index in [1.54, 1.807) is 56.3 Å². The number of ketones is 1. The smallest absolute Gasteiger partial charge is 0.336 e. The monoisotopic (exact) mass is 574 g/mol. The summed E-state index contributed by atoms with van der Waals surface area (Å²) in [4.78, 5) is 47.6. The van der Waals surface area contributed by atoms with E-state index < -0.39 is 22.8 Å². The van der Waals surface area contributed by atoms with Crippen molar-refractivity contribution in [1.82, 2.24) is 5.32 Å². The minimum atomic E-state index is -0.970. The highest BCUT2D eigenvalue weighted by atomic mass is 16.6. The lowest BCUT2D eigenvalue weighted by Gasteiger charge is -2.29. The number of dihydropyridines is 1. The maximum atomic E-state index is 12.3. The van der Waals surface area contributed by atoms with Crippen LogP contribution in [0.5, 0.6) is 11.5 Å². The van der Waals surface area contributed by atoms with Crippen LogP contribution in [0, 0.1) is 10.1 Å². The summed E-state index contributed by atoms with van der Waals surface area (Å²) in [6, 6.07) is 19.4. The lowest BCUT2D eigenvalue weighted by molar-refractivity contribution is -0.385. The maximum absolute atomic E-state index is 12.3. The van der Waals surface area contributed by atoms with Crippen molar-refractivity contribution in [3.05, 3.63) is 122 Å². The van der Waals surface area contributed by atoms with Gasteiger partial charge in [-0.25, -0.2) is 9.59 Å². The van der Waals surface area contributed by atoms with E-state index >= 15 is 0 Å². The second-order valence-corrected chi connectivity index (χ2v) is 9.01. The van der Waals surface area contributed by atoms with Gasteiger partial charge in [-0.05, 0) is 26.0 Å². The van der Waals surface area contributed by atoms with Crippen LogP contribution in [0.1, 0.15) is 41.3 Å². The van der Waals surface area contributed by atoms with Crippen LogP contribution in [0.4, 0.5) is 5.69 Å². The van der Waals surface area contributed by atoms with Gasteiger partial charge in [0, 0.05) is 34.7 Å². The number of nitro groups is 1. The largest absolute Gasteiger partial charge is 0.507 e. The van der Waals surface area contributed by atoms with Crippen molar-refractivity contribution in [2.24, 2.45) is 0 Å². The number of nitrogens with zero attached hydrogens (tertiary/aromatic N) is 1. The zero-order chi connectivity index (χ0) is 31.0. The Labute approximate surface area is 242 Å². The fraction of sp³-hybridized carbons (Fsp3) is 0.194. The molecule has 0 spiro atoms. The predicted molar refractivity (Wildman–Crippen MR) is 153 cm³/mol. The molecule has 0 bridgehead atoms. The summed E-state index contributed by atoms with van der Waals surface area (Å²) in [5.41, 5.74) is 2.02. The summed E-state index contributed by atoms with van der Waals surface area (Å²) in [7, 11) is 3.93. The number of esters is 2. The van der Waals surface area contributed by atoms with E-state index in [1.165, 1.54) is 45.6 Å². The highest BCUT2D eigenvalue weighted by Crippen LogP contribution is 2.42. The maximum Gasteiger partial charge on any atom is 0.336 e. The Kier molecular flexibility index (Phi) is 10.2. The van der Waals surface area contributed by atoms with Gasteiger partial charge in [-0.2, -0.15) is 0 Å². The summed E-state index contributed by atoms with van der Waals surface area (Å²) < 4.78 is 14.6. The van der Waals surface area contributed by atoms with Crippen molar-refractivity contribution >= 4 is 23.4 Å². The number of benzene rings is 3. The van der Waals surface area contributed by atoms with Crippen LogP contribution in [-0.4, -0.2) is 49.1 Å². The van der Waals surface area contributed by atoms with Gasteiger partial charge >= 0.3 is 11.9 Å². The molecule has 3 aromatic rings. The normalized spacial score (nSPS) is 12.9. The first kappa shape index (κ1) is 31.1. The zero-order valence-corrected chi connectivity index (χ0v) is 23.7. The number of rotatable bonds is 7. The molecule has 11 nitrogen and oxygen atoms in total. The number of carbonyl (C=O) groups excluding carboxylic acids is 3. The number of methoxy groups -OCH3 is 3. The second-order valence-electron chi connectivity index (χ2n) is 9.01. The molecular formula is C31H30N2O9. The van der Waals surface area contributed by atoms with Gasteiger partial charge in [0.15, 0.2) is 5.78 Å². The Bertz CT molecular complexity index is 1540. The second kappa shape index (κ2) is 13.8. The number of aromatic hydroxyl groups is 1. The number of nitrogens with one attached hydrogen (secondary N) is 1. The van der Waals surface area contributed by atoms with Gasteiger partial charge in [-0.1, -0.05) is 48.5 Å². The standard InChI is InChI=1S/C17H18N2O6.C14H12O3/c1-9-13(16(20)24-3)15(14(10(2)18-9)17(21)25-4)11-7-5-6-8-12(11)19(22)23;1-17-11-7-8-12(13(15)9-11)14(16)10-5-3-2-4-6-10/h5-8,15,18H,1-4H3;2-9,15H,1H3. The van der Waals surface area contributed by atoms with E-state index in [1.807, 2.05) is 6.07 Å². The number of hydrogen-bond donors (Lipinski definition) is 2. The van der Waals surface area contributed by atoms with Gasteiger partial charge in [0.2, 0.25) is 0 Å². The molecule has 0 saturated carbocycles. The SMILES string of the molecule is COC(=O)C1=C(C)NC(C)=C(C(=O)OC)C1c1ccccc1[N+](=O)[O-].COc1ccc(C(=O)c2ccccc2)c(O)c1. The van der Waals surface area contributed by atoms with Crippen LogP contribution >= 0.6 is 0 Å². The zero-order valence-electron chi connectivity index (χ0n) is 23.7. The van der Waals surface area contributed by atoms with Crippen LogP contribution < -0.4 is 10.1 Å². The molecule has 0 aromatic heterocycles. The van der Waals surface area contributed by atoms with Crippen molar-refractivity contribution in [1.29, 1.82) is 0 Å². The Balaban J connectivity index is 0.000000247. The number of nitro benzene ring substituents is 1. The van der Waals surface area contributed by atoms with E-state index in [2.05, 4.69) is 5.32 Å². The summed E-state index contributed by atoms with van der Waals surface area (Å²) in [6.45, 7) is 3.29. The first-order valence-corrected chi connectivity index (χ1v) is 12.6. The minimum absolute atomic E-state index is 0.0711. The van der Waals surface area contributed by atoms with Crippen LogP contribution in [0.3, 0.4) is 0 Å². The summed E-state index contributed by atoms with van der Waals surface area (Å²) in [6.07, 6.45) is 0. The van der Waals surface area contributed by atoms with Gasteiger partial charge in [0.25, 0.3) is 5.69 Å². The van der Waals surface area contributed by atoms with E-state index in [0.29, 0.717) is 22.7 Å².